The molecular formula is C10H13F3N2O3. The summed E-state index contributed by atoms with van der Waals surface area (Å²) < 4.78 is 39.1. The van der Waals surface area contributed by atoms with E-state index in [0.29, 0.717) is 4.90 Å². The molecule has 2 aliphatic rings. The van der Waals surface area contributed by atoms with Gasteiger partial charge in [0.15, 0.2) is 0 Å². The Kier molecular flexibility index (Phi) is 2.90. The van der Waals surface area contributed by atoms with E-state index in [1.165, 1.54) is 0 Å². The van der Waals surface area contributed by atoms with Crippen LogP contribution >= 0.6 is 0 Å². The topological polar surface area (TPSA) is 69.6 Å². The standard InChI is InChI=1S/C10H13F3N2O3/c11-10(12,13)9(7(16)17)4-1-5-15(9)8(18)14-6-2-3-6/h6H,1-5H2,(H,14,18)(H,16,17). The highest BCUT2D eigenvalue weighted by Gasteiger charge is 2.67. The molecule has 2 fully saturated rings. The van der Waals surface area contributed by atoms with Crippen LogP contribution in [0.15, 0.2) is 0 Å². The molecule has 102 valence electrons. The van der Waals surface area contributed by atoms with Crippen molar-refractivity contribution in [2.24, 2.45) is 0 Å². The van der Waals surface area contributed by atoms with Crippen LogP contribution in [0.5, 0.6) is 0 Å². The lowest BCUT2D eigenvalue weighted by molar-refractivity contribution is -0.223. The van der Waals surface area contributed by atoms with Gasteiger partial charge in [0.05, 0.1) is 0 Å². The number of rotatable bonds is 2. The smallest absolute Gasteiger partial charge is 0.422 e. The number of amides is 2. The number of halogens is 3. The predicted molar refractivity (Wildman–Crippen MR) is 53.9 cm³/mol. The van der Waals surface area contributed by atoms with Gasteiger partial charge in [0, 0.05) is 12.6 Å². The van der Waals surface area contributed by atoms with Crippen LogP contribution in [0.2, 0.25) is 0 Å². The molecule has 2 N–H and O–H groups in total. The van der Waals surface area contributed by atoms with E-state index >= 15 is 0 Å². The number of likely N-dealkylation sites (tertiary alicyclic amines) is 1. The Hall–Kier alpha value is -1.47. The first-order valence-corrected chi connectivity index (χ1v) is 5.67. The molecule has 18 heavy (non-hydrogen) atoms. The quantitative estimate of drug-likeness (QED) is 0.792. The molecule has 1 saturated carbocycles. The lowest BCUT2D eigenvalue weighted by Gasteiger charge is -2.36. The van der Waals surface area contributed by atoms with Gasteiger partial charge in [0.1, 0.15) is 0 Å². The normalized spacial score (nSPS) is 28.3. The van der Waals surface area contributed by atoms with E-state index < -0.39 is 30.1 Å². The molecular weight excluding hydrogens is 253 g/mol. The highest BCUT2D eigenvalue weighted by Crippen LogP contribution is 2.43. The number of carboxylic acid groups (broad SMARTS) is 1. The molecule has 1 heterocycles. The fourth-order valence-corrected chi connectivity index (χ4v) is 2.21. The zero-order valence-electron chi connectivity index (χ0n) is 9.46. The summed E-state index contributed by atoms with van der Waals surface area (Å²) >= 11 is 0. The minimum Gasteiger partial charge on any atom is -0.479 e. The predicted octanol–water partition coefficient (Wildman–Crippen LogP) is 1.34. The Morgan fingerprint density at radius 3 is 2.39 bits per heavy atom. The molecule has 0 aromatic heterocycles. The highest BCUT2D eigenvalue weighted by atomic mass is 19.4. The molecule has 1 aliphatic heterocycles. The molecule has 2 amide bonds. The molecule has 0 bridgehead atoms. The minimum absolute atomic E-state index is 0.0316. The van der Waals surface area contributed by atoms with E-state index in [4.69, 9.17) is 5.11 Å². The van der Waals surface area contributed by atoms with Crippen LogP contribution in [0.25, 0.3) is 0 Å². The van der Waals surface area contributed by atoms with Crippen LogP contribution in [0.4, 0.5) is 18.0 Å². The SMILES string of the molecule is O=C(NC1CC1)N1CCCC1(C(=O)O)C(F)(F)F. The second kappa shape index (κ2) is 4.03. The zero-order chi connectivity index (χ0) is 13.6. The second-order valence-electron chi connectivity index (χ2n) is 4.64. The van der Waals surface area contributed by atoms with Crippen molar-refractivity contribution >= 4 is 12.0 Å². The van der Waals surface area contributed by atoms with Crippen molar-refractivity contribution < 1.29 is 27.9 Å². The molecule has 5 nitrogen and oxygen atoms in total. The molecule has 1 aliphatic carbocycles. The molecule has 0 aromatic rings. The molecule has 1 atom stereocenters. The van der Waals surface area contributed by atoms with Crippen LogP contribution in [0, 0.1) is 0 Å². The number of nitrogens with zero attached hydrogens (tertiary/aromatic N) is 1. The van der Waals surface area contributed by atoms with Gasteiger partial charge in [-0.2, -0.15) is 13.2 Å². The number of urea groups is 1. The maximum absolute atomic E-state index is 13.0. The average Bonchev–Trinajstić information content (AvgIpc) is 2.92. The molecule has 0 radical (unpaired) electrons. The van der Waals surface area contributed by atoms with Gasteiger partial charge >= 0.3 is 18.2 Å². The second-order valence-corrected chi connectivity index (χ2v) is 4.64. The number of hydrogen-bond acceptors (Lipinski definition) is 2. The molecule has 2 rings (SSSR count). The number of aliphatic carboxylic acids is 1. The van der Waals surface area contributed by atoms with Crippen molar-refractivity contribution in [2.45, 2.75) is 43.4 Å². The van der Waals surface area contributed by atoms with Gasteiger partial charge in [0.2, 0.25) is 5.54 Å². The summed E-state index contributed by atoms with van der Waals surface area (Å²) in [5, 5.41) is 11.3. The average molecular weight is 266 g/mol. The Morgan fingerprint density at radius 2 is 1.94 bits per heavy atom. The summed E-state index contributed by atoms with van der Waals surface area (Å²) in [5.74, 6) is -2.02. The number of alkyl halides is 3. The van der Waals surface area contributed by atoms with Crippen molar-refractivity contribution in [3.05, 3.63) is 0 Å². The molecule has 1 unspecified atom stereocenters. The number of hydrogen-bond donors (Lipinski definition) is 2. The van der Waals surface area contributed by atoms with E-state index in [-0.39, 0.29) is 19.0 Å². The van der Waals surface area contributed by atoms with Gasteiger partial charge in [-0.15, -0.1) is 0 Å². The maximum atomic E-state index is 13.0. The van der Waals surface area contributed by atoms with Crippen molar-refractivity contribution in [3.63, 3.8) is 0 Å². The monoisotopic (exact) mass is 266 g/mol. The van der Waals surface area contributed by atoms with Gasteiger partial charge in [-0.3, -0.25) is 0 Å². The first-order valence-electron chi connectivity index (χ1n) is 5.67. The van der Waals surface area contributed by atoms with Crippen LogP contribution in [-0.2, 0) is 4.79 Å². The van der Waals surface area contributed by atoms with Crippen LogP contribution < -0.4 is 5.32 Å². The summed E-state index contributed by atoms with van der Waals surface area (Å²) in [7, 11) is 0. The minimum atomic E-state index is -4.98. The fourth-order valence-electron chi connectivity index (χ4n) is 2.21. The van der Waals surface area contributed by atoms with E-state index in [1.54, 1.807) is 0 Å². The van der Waals surface area contributed by atoms with Crippen molar-refractivity contribution in [2.75, 3.05) is 6.54 Å². The summed E-state index contributed by atoms with van der Waals surface area (Å²) in [6.07, 6.45) is -4.08. The lowest BCUT2D eigenvalue weighted by atomic mass is 9.95. The third-order valence-corrected chi connectivity index (χ3v) is 3.35. The van der Waals surface area contributed by atoms with E-state index in [1.807, 2.05) is 0 Å². The first kappa shape index (κ1) is 13.0. The van der Waals surface area contributed by atoms with Crippen LogP contribution in [0.3, 0.4) is 0 Å². The number of nitrogens with one attached hydrogen (secondary N) is 1. The molecule has 1 saturated heterocycles. The lowest BCUT2D eigenvalue weighted by Crippen LogP contribution is -2.64. The molecule has 8 heteroatoms. The van der Waals surface area contributed by atoms with Gasteiger partial charge in [-0.05, 0) is 25.7 Å². The summed E-state index contributed by atoms with van der Waals surface area (Å²) in [6, 6.07) is -1.05. The van der Waals surface area contributed by atoms with E-state index in [9.17, 15) is 22.8 Å². The van der Waals surface area contributed by atoms with E-state index in [2.05, 4.69) is 5.32 Å². The first-order chi connectivity index (χ1) is 8.29. The Balaban J connectivity index is 2.26. The largest absolute Gasteiger partial charge is 0.479 e. The van der Waals surface area contributed by atoms with Gasteiger partial charge in [0.25, 0.3) is 0 Å². The summed E-state index contributed by atoms with van der Waals surface area (Å²) in [6.45, 7) is -0.190. The van der Waals surface area contributed by atoms with Gasteiger partial charge < -0.3 is 15.3 Å². The Morgan fingerprint density at radius 1 is 1.33 bits per heavy atom. The highest BCUT2D eigenvalue weighted by molar-refractivity contribution is 5.88. The maximum Gasteiger partial charge on any atom is 0.422 e. The van der Waals surface area contributed by atoms with Crippen LogP contribution in [-0.4, -0.2) is 46.3 Å². The molecule has 0 aromatic carbocycles. The third-order valence-electron chi connectivity index (χ3n) is 3.35. The van der Waals surface area contributed by atoms with Crippen LogP contribution in [0.1, 0.15) is 25.7 Å². The van der Waals surface area contributed by atoms with Crippen molar-refractivity contribution in [1.82, 2.24) is 10.2 Å². The number of carboxylic acids is 1. The zero-order valence-corrected chi connectivity index (χ0v) is 9.46. The van der Waals surface area contributed by atoms with Crippen molar-refractivity contribution in [1.29, 1.82) is 0 Å². The van der Waals surface area contributed by atoms with E-state index in [0.717, 1.165) is 12.8 Å². The van der Waals surface area contributed by atoms with Crippen molar-refractivity contribution in [3.8, 4) is 0 Å². The Bertz CT molecular complexity index is 381. The number of carbonyl (C=O) groups excluding carboxylic acids is 1. The summed E-state index contributed by atoms with van der Waals surface area (Å²) in [5.41, 5.74) is -3.08. The summed E-state index contributed by atoms with van der Waals surface area (Å²) in [4.78, 5) is 23.2. The Labute approximate surface area is 101 Å². The van der Waals surface area contributed by atoms with Gasteiger partial charge in [-0.1, -0.05) is 0 Å². The van der Waals surface area contributed by atoms with Gasteiger partial charge in [-0.25, -0.2) is 9.59 Å². The third kappa shape index (κ3) is 1.89. The molecule has 0 spiro atoms. The fraction of sp³-hybridized carbons (Fsp3) is 0.800. The number of carbonyl (C=O) groups is 2.